The van der Waals surface area contributed by atoms with Crippen molar-refractivity contribution in [2.45, 2.75) is 32.6 Å². The summed E-state index contributed by atoms with van der Waals surface area (Å²) in [4.78, 5) is 25.2. The Kier molecular flexibility index (Phi) is 7.49. The highest BCUT2D eigenvalue weighted by Crippen LogP contribution is 2.09. The van der Waals surface area contributed by atoms with Crippen molar-refractivity contribution < 1.29 is 18.4 Å². The molecule has 2 amide bonds. The lowest BCUT2D eigenvalue weighted by Crippen LogP contribution is -2.30. The summed E-state index contributed by atoms with van der Waals surface area (Å²) in [6, 6.07) is 2.80. The number of unbranched alkanes of at least 4 members (excludes halogenated alkanes) is 1. The van der Waals surface area contributed by atoms with E-state index in [0.717, 1.165) is 31.5 Å². The number of carbonyl (C=O) groups is 2. The van der Waals surface area contributed by atoms with Gasteiger partial charge in [-0.1, -0.05) is 13.3 Å². The summed E-state index contributed by atoms with van der Waals surface area (Å²) in [6.45, 7) is 3.05. The summed E-state index contributed by atoms with van der Waals surface area (Å²) >= 11 is 0. The van der Waals surface area contributed by atoms with Crippen LogP contribution >= 0.6 is 0 Å². The molecule has 0 atom stereocenters. The van der Waals surface area contributed by atoms with Gasteiger partial charge in [0.25, 0.3) is 5.91 Å². The highest BCUT2D eigenvalue weighted by atomic mass is 19.1. The van der Waals surface area contributed by atoms with Gasteiger partial charge in [0.05, 0.1) is 5.56 Å². The van der Waals surface area contributed by atoms with E-state index in [2.05, 4.69) is 12.2 Å². The first-order chi connectivity index (χ1) is 10.5. The van der Waals surface area contributed by atoms with Crippen LogP contribution < -0.4 is 5.32 Å². The van der Waals surface area contributed by atoms with Crippen molar-refractivity contribution in [2.24, 2.45) is 0 Å². The molecule has 1 aromatic rings. The van der Waals surface area contributed by atoms with Crippen LogP contribution in [0.5, 0.6) is 0 Å². The molecule has 1 aromatic carbocycles. The van der Waals surface area contributed by atoms with Crippen LogP contribution in [0.15, 0.2) is 18.2 Å². The Hall–Kier alpha value is -1.98. The smallest absolute Gasteiger partial charge is 0.254 e. The first-order valence-corrected chi connectivity index (χ1v) is 7.43. The highest BCUT2D eigenvalue weighted by Gasteiger charge is 2.12. The Labute approximate surface area is 129 Å². The van der Waals surface area contributed by atoms with Crippen molar-refractivity contribution in [3.63, 3.8) is 0 Å². The Bertz CT molecular complexity index is 521. The lowest BCUT2D eigenvalue weighted by molar-refractivity contribution is -0.130. The first kappa shape index (κ1) is 18.1. The van der Waals surface area contributed by atoms with Crippen LogP contribution in [0.3, 0.4) is 0 Å². The summed E-state index contributed by atoms with van der Waals surface area (Å²) in [5, 5.41) is 2.52. The molecule has 0 radical (unpaired) electrons. The number of rotatable bonds is 8. The van der Waals surface area contributed by atoms with Crippen molar-refractivity contribution in [2.75, 3.05) is 20.1 Å². The van der Waals surface area contributed by atoms with Crippen molar-refractivity contribution in [3.05, 3.63) is 35.4 Å². The average Bonchev–Trinajstić information content (AvgIpc) is 2.48. The monoisotopic (exact) mass is 312 g/mol. The summed E-state index contributed by atoms with van der Waals surface area (Å²) in [5.74, 6) is -2.21. The molecule has 6 heteroatoms. The minimum absolute atomic E-state index is 0.0238. The molecule has 0 saturated carbocycles. The maximum Gasteiger partial charge on any atom is 0.254 e. The lowest BCUT2D eigenvalue weighted by atomic mass is 10.2. The van der Waals surface area contributed by atoms with Gasteiger partial charge >= 0.3 is 0 Å². The molecule has 0 aliphatic carbocycles. The van der Waals surface area contributed by atoms with Crippen molar-refractivity contribution in [1.82, 2.24) is 10.2 Å². The van der Waals surface area contributed by atoms with E-state index < -0.39 is 17.5 Å². The van der Waals surface area contributed by atoms with E-state index in [0.29, 0.717) is 18.9 Å². The summed E-state index contributed by atoms with van der Waals surface area (Å²) in [7, 11) is 1.75. The molecule has 0 bridgehead atoms. The standard InChI is InChI=1S/C16H22F2N2O2/c1-3-4-10-20(2)15(21)6-5-9-19-16(22)13-8-7-12(17)11-14(13)18/h7-8,11H,3-6,9-10H2,1-2H3,(H,19,22). The van der Waals surface area contributed by atoms with E-state index in [1.54, 1.807) is 11.9 Å². The minimum Gasteiger partial charge on any atom is -0.352 e. The summed E-state index contributed by atoms with van der Waals surface area (Å²) in [6.07, 6.45) is 2.79. The van der Waals surface area contributed by atoms with E-state index in [4.69, 9.17) is 0 Å². The molecule has 0 spiro atoms. The summed E-state index contributed by atoms with van der Waals surface area (Å²) in [5.41, 5.74) is -0.201. The molecule has 4 nitrogen and oxygen atoms in total. The average molecular weight is 312 g/mol. The van der Waals surface area contributed by atoms with Crippen molar-refractivity contribution >= 4 is 11.8 Å². The zero-order chi connectivity index (χ0) is 16.5. The zero-order valence-electron chi connectivity index (χ0n) is 13.0. The predicted molar refractivity (Wildman–Crippen MR) is 80.5 cm³/mol. The number of hydrogen-bond acceptors (Lipinski definition) is 2. The number of halogens is 2. The topological polar surface area (TPSA) is 49.4 Å². The molecule has 1 N–H and O–H groups in total. The maximum absolute atomic E-state index is 13.4. The molecule has 0 aliphatic heterocycles. The van der Waals surface area contributed by atoms with Crippen LogP contribution in [-0.2, 0) is 4.79 Å². The van der Waals surface area contributed by atoms with Gasteiger partial charge in [0.1, 0.15) is 11.6 Å². The third kappa shape index (κ3) is 5.79. The fourth-order valence-corrected chi connectivity index (χ4v) is 1.92. The van der Waals surface area contributed by atoms with Gasteiger partial charge in [-0.25, -0.2) is 8.78 Å². The zero-order valence-corrected chi connectivity index (χ0v) is 13.0. The Morgan fingerprint density at radius 3 is 2.59 bits per heavy atom. The van der Waals surface area contributed by atoms with E-state index in [1.165, 1.54) is 0 Å². The second-order valence-electron chi connectivity index (χ2n) is 5.15. The van der Waals surface area contributed by atoms with Crippen LogP contribution in [0.1, 0.15) is 43.0 Å². The molecular weight excluding hydrogens is 290 g/mol. The van der Waals surface area contributed by atoms with Crippen LogP contribution in [0.4, 0.5) is 8.78 Å². The van der Waals surface area contributed by atoms with Crippen molar-refractivity contribution in [1.29, 1.82) is 0 Å². The van der Waals surface area contributed by atoms with E-state index in [1.807, 2.05) is 0 Å². The number of carbonyl (C=O) groups excluding carboxylic acids is 2. The molecule has 0 fully saturated rings. The maximum atomic E-state index is 13.4. The molecule has 22 heavy (non-hydrogen) atoms. The molecule has 0 saturated heterocycles. The second-order valence-corrected chi connectivity index (χ2v) is 5.15. The fourth-order valence-electron chi connectivity index (χ4n) is 1.92. The van der Waals surface area contributed by atoms with Gasteiger partial charge in [-0.05, 0) is 25.0 Å². The van der Waals surface area contributed by atoms with Crippen LogP contribution in [0, 0.1) is 11.6 Å². The third-order valence-electron chi connectivity index (χ3n) is 3.30. The van der Waals surface area contributed by atoms with Gasteiger partial charge in [0.2, 0.25) is 5.91 Å². The fraction of sp³-hybridized carbons (Fsp3) is 0.500. The molecule has 0 aliphatic rings. The van der Waals surface area contributed by atoms with E-state index in [9.17, 15) is 18.4 Å². The SMILES string of the molecule is CCCCN(C)C(=O)CCCNC(=O)c1ccc(F)cc1F. The van der Waals surface area contributed by atoms with E-state index >= 15 is 0 Å². The van der Waals surface area contributed by atoms with Gasteiger partial charge in [-0.2, -0.15) is 0 Å². The molecule has 1 rings (SSSR count). The molecule has 0 aromatic heterocycles. The molecule has 0 heterocycles. The number of nitrogens with one attached hydrogen (secondary N) is 1. The van der Waals surface area contributed by atoms with Gasteiger partial charge in [-0.3, -0.25) is 9.59 Å². The number of hydrogen-bond donors (Lipinski definition) is 1. The highest BCUT2D eigenvalue weighted by molar-refractivity contribution is 5.94. The van der Waals surface area contributed by atoms with Gasteiger partial charge in [0.15, 0.2) is 0 Å². The number of nitrogens with zero attached hydrogens (tertiary/aromatic N) is 1. The minimum atomic E-state index is -0.895. The molecule has 122 valence electrons. The normalized spacial score (nSPS) is 10.4. The Morgan fingerprint density at radius 1 is 1.23 bits per heavy atom. The van der Waals surface area contributed by atoms with Gasteiger partial charge < -0.3 is 10.2 Å². The van der Waals surface area contributed by atoms with Crippen molar-refractivity contribution in [3.8, 4) is 0 Å². The predicted octanol–water partition coefficient (Wildman–Crippen LogP) is 2.73. The van der Waals surface area contributed by atoms with E-state index in [-0.39, 0.29) is 18.0 Å². The molecular formula is C16H22F2N2O2. The van der Waals surface area contributed by atoms with Crippen LogP contribution in [0.25, 0.3) is 0 Å². The molecule has 0 unspecified atom stereocenters. The number of amides is 2. The van der Waals surface area contributed by atoms with Crippen LogP contribution in [0.2, 0.25) is 0 Å². The lowest BCUT2D eigenvalue weighted by Gasteiger charge is -2.16. The van der Waals surface area contributed by atoms with Gasteiger partial charge in [0, 0.05) is 32.6 Å². The first-order valence-electron chi connectivity index (χ1n) is 7.43. The van der Waals surface area contributed by atoms with Gasteiger partial charge in [-0.15, -0.1) is 0 Å². The Morgan fingerprint density at radius 2 is 1.95 bits per heavy atom. The Balaban J connectivity index is 2.32. The largest absolute Gasteiger partial charge is 0.352 e. The third-order valence-corrected chi connectivity index (χ3v) is 3.30. The summed E-state index contributed by atoms with van der Waals surface area (Å²) < 4.78 is 26.2. The quantitative estimate of drug-likeness (QED) is 0.750. The van der Waals surface area contributed by atoms with Crippen LogP contribution in [-0.4, -0.2) is 36.9 Å². The number of benzene rings is 1. The second kappa shape index (κ2) is 9.12.